The van der Waals surface area contributed by atoms with Gasteiger partial charge in [-0.2, -0.15) is 13.8 Å². The van der Waals surface area contributed by atoms with Crippen molar-refractivity contribution in [1.29, 1.82) is 0 Å². The number of hydrogen-bond acceptors (Lipinski definition) is 5. The quantitative estimate of drug-likeness (QED) is 0.432. The third kappa shape index (κ3) is 4.67. The van der Waals surface area contributed by atoms with Crippen molar-refractivity contribution in [2.24, 2.45) is 0 Å². The summed E-state index contributed by atoms with van der Waals surface area (Å²) >= 11 is 5.71. The number of halogens is 3. The highest BCUT2D eigenvalue weighted by molar-refractivity contribution is 7.12. The van der Waals surface area contributed by atoms with Gasteiger partial charge in [-0.25, -0.2) is 4.79 Å². The molecule has 1 aromatic carbocycles. The third-order valence-electron chi connectivity index (χ3n) is 3.13. The van der Waals surface area contributed by atoms with Crippen molar-refractivity contribution < 1.29 is 28.2 Å². The van der Waals surface area contributed by atoms with Crippen molar-refractivity contribution in [3.8, 4) is 5.88 Å². The minimum atomic E-state index is -3.56. The van der Waals surface area contributed by atoms with E-state index in [-0.39, 0.29) is 18.1 Å². The molecule has 5 nitrogen and oxygen atoms in total. The molecule has 0 unspecified atom stereocenters. The zero-order chi connectivity index (χ0) is 18.6. The van der Waals surface area contributed by atoms with Crippen LogP contribution in [0.3, 0.4) is 0 Å². The predicted octanol–water partition coefficient (Wildman–Crippen LogP) is 4.39. The topological polar surface area (TPSA) is 68.7 Å². The van der Waals surface area contributed by atoms with Crippen LogP contribution in [0, 0.1) is 6.92 Å². The van der Waals surface area contributed by atoms with E-state index < -0.39 is 16.4 Å². The monoisotopic (exact) mass is 389 g/mol. The third-order valence-corrected chi connectivity index (χ3v) is 4.45. The predicted molar refractivity (Wildman–Crippen MR) is 90.0 cm³/mol. The lowest BCUT2D eigenvalue weighted by molar-refractivity contribution is -0.130. The smallest absolute Gasteiger partial charge is 0.374 e. The number of thiazole rings is 1. The lowest BCUT2D eigenvalue weighted by atomic mass is 10.0. The molecule has 2 aromatic rings. The Labute approximate surface area is 151 Å². The first kappa shape index (κ1) is 19.1. The molecule has 9 heteroatoms. The summed E-state index contributed by atoms with van der Waals surface area (Å²) in [6.07, 6.45) is 1.11. The highest BCUT2D eigenvalue weighted by Crippen LogP contribution is 2.38. The Kier molecular flexibility index (Phi) is 5.97. The molecule has 1 N–H and O–H groups in total. The van der Waals surface area contributed by atoms with Crippen LogP contribution in [0.15, 0.2) is 30.5 Å². The molecule has 0 amide bonds. The first-order chi connectivity index (χ1) is 11.7. The first-order valence-corrected chi connectivity index (χ1v) is 8.15. The molecule has 0 saturated carbocycles. The maximum absolute atomic E-state index is 13.1. The van der Waals surface area contributed by atoms with Crippen molar-refractivity contribution >= 4 is 34.5 Å². The van der Waals surface area contributed by atoms with E-state index in [4.69, 9.17) is 21.1 Å². The van der Waals surface area contributed by atoms with Gasteiger partial charge in [0.05, 0.1) is 18.2 Å². The number of rotatable bonds is 7. The number of methoxy groups -OCH3 is 1. The molecular formula is C16H14ClF2NO4S. The van der Waals surface area contributed by atoms with E-state index in [0.29, 0.717) is 16.0 Å². The maximum atomic E-state index is 13.1. The van der Waals surface area contributed by atoms with Crippen LogP contribution in [0.1, 0.15) is 21.0 Å². The minimum absolute atomic E-state index is 0.0303. The number of carboxylic acid groups (broad SMARTS) is 1. The van der Waals surface area contributed by atoms with Crippen LogP contribution in [0.2, 0.25) is 0 Å². The Morgan fingerprint density at radius 2 is 2.12 bits per heavy atom. The zero-order valence-electron chi connectivity index (χ0n) is 13.3. The van der Waals surface area contributed by atoms with E-state index in [9.17, 15) is 18.7 Å². The first-order valence-electron chi connectivity index (χ1n) is 6.96. The molecule has 0 aliphatic heterocycles. The van der Waals surface area contributed by atoms with E-state index in [2.05, 4.69) is 4.98 Å². The molecule has 0 atom stereocenters. The Hall–Kier alpha value is -2.19. The summed E-state index contributed by atoms with van der Waals surface area (Å²) in [5.74, 6) is -1.13. The zero-order valence-corrected chi connectivity index (χ0v) is 14.8. The summed E-state index contributed by atoms with van der Waals surface area (Å²) in [7, 11) is 1.34. The van der Waals surface area contributed by atoms with Gasteiger partial charge in [-0.3, -0.25) is 0 Å². The fourth-order valence-electron chi connectivity index (χ4n) is 2.04. The van der Waals surface area contributed by atoms with Crippen LogP contribution < -0.4 is 4.74 Å². The molecule has 0 fully saturated rings. The van der Waals surface area contributed by atoms with Gasteiger partial charge in [0.25, 0.3) is 0 Å². The second-order valence-electron chi connectivity index (χ2n) is 4.90. The van der Waals surface area contributed by atoms with Gasteiger partial charge in [0.1, 0.15) is 12.2 Å². The van der Waals surface area contributed by atoms with Crippen molar-refractivity contribution in [2.75, 3.05) is 7.11 Å². The summed E-state index contributed by atoms with van der Waals surface area (Å²) in [6.45, 7) is 1.53. The van der Waals surface area contributed by atoms with Gasteiger partial charge in [0.2, 0.25) is 5.88 Å². The van der Waals surface area contributed by atoms with Crippen LogP contribution in [0.5, 0.6) is 5.88 Å². The Morgan fingerprint density at radius 3 is 2.68 bits per heavy atom. The molecular weight excluding hydrogens is 376 g/mol. The maximum Gasteiger partial charge on any atom is 0.374 e. The van der Waals surface area contributed by atoms with Crippen molar-refractivity contribution in [1.82, 2.24) is 4.98 Å². The summed E-state index contributed by atoms with van der Waals surface area (Å²) in [5, 5.41) is 5.19. The molecule has 0 bridgehead atoms. The molecule has 0 aliphatic rings. The van der Waals surface area contributed by atoms with E-state index in [0.717, 1.165) is 17.6 Å². The lowest BCUT2D eigenvalue weighted by Crippen LogP contribution is -2.07. The Balaban J connectivity index is 2.27. The number of aryl methyl sites for hydroxylation is 1. The van der Waals surface area contributed by atoms with Crippen LogP contribution in [-0.2, 0) is 21.5 Å². The molecule has 1 aromatic heterocycles. The fraction of sp³-hybridized carbons (Fsp3) is 0.250. The average molecular weight is 390 g/mol. The molecule has 134 valence electrons. The van der Waals surface area contributed by atoms with Crippen molar-refractivity contribution in [2.45, 2.75) is 18.9 Å². The largest absolute Gasteiger partial charge is 0.503 e. The van der Waals surface area contributed by atoms with Crippen LogP contribution in [-0.4, -0.2) is 23.2 Å². The minimum Gasteiger partial charge on any atom is -0.503 e. The van der Waals surface area contributed by atoms with E-state index >= 15 is 0 Å². The van der Waals surface area contributed by atoms with Gasteiger partial charge in [-0.1, -0.05) is 24.3 Å². The number of carboxylic acids is 1. The number of alkyl halides is 3. The Bertz CT molecular complexity index is 802. The number of hydrogen-bond donors (Lipinski definition) is 1. The summed E-state index contributed by atoms with van der Waals surface area (Å²) in [6, 6.07) is 6.65. The number of aliphatic carboxylic acids is 1. The van der Waals surface area contributed by atoms with E-state index in [1.807, 2.05) is 0 Å². The molecule has 0 spiro atoms. The Morgan fingerprint density at radius 1 is 1.44 bits per heavy atom. The molecule has 1 heterocycles. The SMILES string of the molecule is CO/C=C(/C(=O)O)c1ccccc1COc1nc(C(F)(F)Cl)sc1C. The van der Waals surface area contributed by atoms with Gasteiger partial charge >= 0.3 is 11.4 Å². The summed E-state index contributed by atoms with van der Waals surface area (Å²) in [4.78, 5) is 15.5. The van der Waals surface area contributed by atoms with E-state index in [1.54, 1.807) is 31.2 Å². The summed E-state index contributed by atoms with van der Waals surface area (Å²) in [5.41, 5.74) is 0.886. The number of benzene rings is 1. The van der Waals surface area contributed by atoms with Gasteiger partial charge in [0.15, 0.2) is 5.01 Å². The van der Waals surface area contributed by atoms with Gasteiger partial charge in [-0.05, 0) is 29.7 Å². The highest BCUT2D eigenvalue weighted by Gasteiger charge is 2.33. The van der Waals surface area contributed by atoms with Crippen LogP contribution >= 0.6 is 22.9 Å². The second-order valence-corrected chi connectivity index (χ2v) is 6.57. The van der Waals surface area contributed by atoms with Gasteiger partial charge in [-0.15, -0.1) is 11.3 Å². The molecule has 2 rings (SSSR count). The molecule has 0 radical (unpaired) electrons. The normalized spacial score (nSPS) is 12.1. The van der Waals surface area contributed by atoms with Gasteiger partial charge in [0, 0.05) is 0 Å². The number of aromatic nitrogens is 1. The standard InChI is InChI=1S/C16H14ClF2NO4S/c1-9-13(20-15(25-9)16(17,18)19)24-7-10-5-3-4-6-11(10)12(8-23-2)14(21)22/h3-6,8H,7H2,1-2H3,(H,21,22)/b12-8+. The average Bonchev–Trinajstić information content (AvgIpc) is 2.92. The highest BCUT2D eigenvalue weighted by atomic mass is 35.5. The number of nitrogens with zero attached hydrogens (tertiary/aromatic N) is 1. The number of carbonyl (C=O) groups is 1. The molecule has 25 heavy (non-hydrogen) atoms. The number of ether oxygens (including phenoxy) is 2. The molecule has 0 saturated heterocycles. The second kappa shape index (κ2) is 7.79. The fourth-order valence-corrected chi connectivity index (χ4v) is 2.92. The van der Waals surface area contributed by atoms with Crippen molar-refractivity contribution in [3.63, 3.8) is 0 Å². The van der Waals surface area contributed by atoms with Crippen molar-refractivity contribution in [3.05, 3.63) is 51.5 Å². The van der Waals surface area contributed by atoms with Crippen LogP contribution in [0.4, 0.5) is 8.78 Å². The lowest BCUT2D eigenvalue weighted by Gasteiger charge is -2.11. The summed E-state index contributed by atoms with van der Waals surface area (Å²) < 4.78 is 36.6. The van der Waals surface area contributed by atoms with E-state index in [1.165, 1.54) is 7.11 Å². The van der Waals surface area contributed by atoms with Crippen LogP contribution in [0.25, 0.3) is 5.57 Å². The molecule has 0 aliphatic carbocycles. The van der Waals surface area contributed by atoms with Gasteiger partial charge < -0.3 is 14.6 Å².